The maximum Gasteiger partial charge on any atom is 0.270 e. The Hall–Kier alpha value is -2.70. The molecule has 1 atom stereocenters. The summed E-state index contributed by atoms with van der Waals surface area (Å²) in [5.74, 6) is -0.483. The van der Waals surface area contributed by atoms with E-state index in [2.05, 4.69) is 15.6 Å². The molecule has 1 unspecified atom stereocenters. The fourth-order valence-corrected chi connectivity index (χ4v) is 2.49. The predicted octanol–water partition coefficient (Wildman–Crippen LogP) is 1.98. The average molecular weight is 329 g/mol. The fraction of sp³-hybridized carbons (Fsp3) is 0.412. The molecule has 1 heterocycles. The Morgan fingerprint density at radius 2 is 1.83 bits per heavy atom. The number of rotatable bonds is 7. The zero-order valence-corrected chi connectivity index (χ0v) is 14.2. The molecule has 0 aliphatic heterocycles. The Kier molecular flexibility index (Phi) is 5.68. The van der Waals surface area contributed by atoms with Gasteiger partial charge in [0.15, 0.2) is 5.69 Å². The van der Waals surface area contributed by atoms with Crippen molar-refractivity contribution >= 4 is 11.8 Å². The second kappa shape index (κ2) is 7.72. The highest BCUT2D eigenvalue weighted by molar-refractivity contribution is 5.90. The summed E-state index contributed by atoms with van der Waals surface area (Å²) in [5.41, 5.74) is 7.04. The van der Waals surface area contributed by atoms with E-state index in [1.54, 1.807) is 0 Å². The molecule has 0 saturated heterocycles. The molecule has 7 nitrogen and oxygen atoms in total. The van der Waals surface area contributed by atoms with E-state index in [1.165, 1.54) is 10.9 Å². The van der Waals surface area contributed by atoms with Crippen molar-refractivity contribution in [3.63, 3.8) is 0 Å². The first kappa shape index (κ1) is 17.7. The first-order valence-electron chi connectivity index (χ1n) is 8.09. The Bertz CT molecular complexity index is 704. The van der Waals surface area contributed by atoms with E-state index in [4.69, 9.17) is 5.73 Å². The van der Waals surface area contributed by atoms with E-state index in [0.29, 0.717) is 0 Å². The average Bonchev–Trinajstić information content (AvgIpc) is 3.06. The van der Waals surface area contributed by atoms with Gasteiger partial charge in [0.25, 0.3) is 5.91 Å². The standard InChI is InChI=1S/C17H23N5O2/c1-4-12(5-2)17(24)19-11(3)13-6-8-14(9-7-13)22-10-15(16(18)23)20-21-22/h6-12H,4-5H2,1-3H3,(H2,18,23)(H,19,24). The molecule has 1 aromatic carbocycles. The minimum Gasteiger partial charge on any atom is -0.364 e. The zero-order chi connectivity index (χ0) is 17.7. The van der Waals surface area contributed by atoms with Crippen LogP contribution in [0.5, 0.6) is 0 Å². The molecule has 128 valence electrons. The van der Waals surface area contributed by atoms with Gasteiger partial charge in [0.05, 0.1) is 17.9 Å². The molecular weight excluding hydrogens is 306 g/mol. The maximum atomic E-state index is 12.2. The third-order valence-electron chi connectivity index (χ3n) is 4.12. The number of hydrogen-bond donors (Lipinski definition) is 2. The van der Waals surface area contributed by atoms with Crippen molar-refractivity contribution in [1.82, 2.24) is 20.3 Å². The molecule has 24 heavy (non-hydrogen) atoms. The maximum absolute atomic E-state index is 12.2. The normalized spacial score (nSPS) is 12.2. The lowest BCUT2D eigenvalue weighted by Crippen LogP contribution is -2.32. The van der Waals surface area contributed by atoms with Crippen molar-refractivity contribution in [3.05, 3.63) is 41.7 Å². The number of nitrogens with two attached hydrogens (primary N) is 1. The summed E-state index contributed by atoms with van der Waals surface area (Å²) in [5, 5.41) is 10.6. The van der Waals surface area contributed by atoms with Gasteiger partial charge in [0.1, 0.15) is 0 Å². The van der Waals surface area contributed by atoms with E-state index >= 15 is 0 Å². The van der Waals surface area contributed by atoms with Gasteiger partial charge in [-0.25, -0.2) is 4.68 Å². The SMILES string of the molecule is CCC(CC)C(=O)NC(C)c1ccc(-n2cc(C(N)=O)nn2)cc1. The summed E-state index contributed by atoms with van der Waals surface area (Å²) in [6.07, 6.45) is 3.15. The van der Waals surface area contributed by atoms with Crippen LogP contribution < -0.4 is 11.1 Å². The summed E-state index contributed by atoms with van der Waals surface area (Å²) < 4.78 is 1.48. The van der Waals surface area contributed by atoms with Crippen LogP contribution in [0, 0.1) is 5.92 Å². The Morgan fingerprint density at radius 1 is 1.21 bits per heavy atom. The Morgan fingerprint density at radius 3 is 2.33 bits per heavy atom. The first-order chi connectivity index (χ1) is 11.5. The summed E-state index contributed by atoms with van der Waals surface area (Å²) in [6, 6.07) is 7.46. The molecule has 0 radical (unpaired) electrons. The van der Waals surface area contributed by atoms with Crippen LogP contribution >= 0.6 is 0 Å². The zero-order valence-electron chi connectivity index (χ0n) is 14.2. The van der Waals surface area contributed by atoms with Gasteiger partial charge >= 0.3 is 0 Å². The fourth-order valence-electron chi connectivity index (χ4n) is 2.49. The first-order valence-corrected chi connectivity index (χ1v) is 8.09. The van der Waals surface area contributed by atoms with Crippen LogP contribution in [0.25, 0.3) is 5.69 Å². The van der Waals surface area contributed by atoms with Crippen LogP contribution in [-0.4, -0.2) is 26.8 Å². The van der Waals surface area contributed by atoms with Gasteiger partial charge in [0, 0.05) is 5.92 Å². The summed E-state index contributed by atoms with van der Waals surface area (Å²) in [4.78, 5) is 23.2. The minimum absolute atomic E-state index is 0.0501. The Labute approximate surface area is 141 Å². The van der Waals surface area contributed by atoms with Crippen molar-refractivity contribution in [2.75, 3.05) is 0 Å². The van der Waals surface area contributed by atoms with Gasteiger partial charge in [-0.1, -0.05) is 31.2 Å². The van der Waals surface area contributed by atoms with Gasteiger partial charge in [-0.15, -0.1) is 5.10 Å². The molecule has 7 heteroatoms. The van der Waals surface area contributed by atoms with Crippen molar-refractivity contribution < 1.29 is 9.59 Å². The Balaban J connectivity index is 2.08. The van der Waals surface area contributed by atoms with Gasteiger partial charge in [-0.2, -0.15) is 0 Å². The van der Waals surface area contributed by atoms with Crippen LogP contribution in [0.4, 0.5) is 0 Å². The van der Waals surface area contributed by atoms with Crippen LogP contribution in [0.1, 0.15) is 55.7 Å². The largest absolute Gasteiger partial charge is 0.364 e. The van der Waals surface area contributed by atoms with E-state index in [-0.39, 0.29) is 23.6 Å². The number of carbonyl (C=O) groups is 2. The highest BCUT2D eigenvalue weighted by Gasteiger charge is 2.17. The molecule has 0 saturated carbocycles. The molecule has 0 aliphatic carbocycles. The summed E-state index contributed by atoms with van der Waals surface area (Å²) in [6.45, 7) is 5.99. The number of hydrogen-bond acceptors (Lipinski definition) is 4. The highest BCUT2D eigenvalue weighted by Crippen LogP contribution is 2.17. The van der Waals surface area contributed by atoms with Crippen LogP contribution in [0.15, 0.2) is 30.5 Å². The predicted molar refractivity (Wildman–Crippen MR) is 90.5 cm³/mol. The molecule has 0 aliphatic rings. The molecule has 1 aromatic heterocycles. The number of nitrogens with one attached hydrogen (secondary N) is 1. The van der Waals surface area contributed by atoms with Crippen molar-refractivity contribution in [3.8, 4) is 5.69 Å². The summed E-state index contributed by atoms with van der Waals surface area (Å²) in [7, 11) is 0. The van der Waals surface area contributed by atoms with Crippen molar-refractivity contribution in [2.45, 2.75) is 39.7 Å². The number of aromatic nitrogens is 3. The third kappa shape index (κ3) is 3.98. The van der Waals surface area contributed by atoms with Crippen LogP contribution in [0.3, 0.4) is 0 Å². The molecule has 2 amide bonds. The highest BCUT2D eigenvalue weighted by atomic mass is 16.2. The molecule has 3 N–H and O–H groups in total. The number of amides is 2. The number of nitrogens with zero attached hydrogens (tertiary/aromatic N) is 3. The molecular formula is C17H23N5O2. The minimum atomic E-state index is -0.615. The van der Waals surface area contributed by atoms with E-state index in [1.807, 2.05) is 45.0 Å². The second-order valence-electron chi connectivity index (χ2n) is 5.75. The lowest BCUT2D eigenvalue weighted by Gasteiger charge is -2.18. The monoisotopic (exact) mass is 329 g/mol. The molecule has 0 bridgehead atoms. The summed E-state index contributed by atoms with van der Waals surface area (Å²) >= 11 is 0. The lowest BCUT2D eigenvalue weighted by atomic mass is 10.0. The van der Waals surface area contributed by atoms with Gasteiger partial charge in [-0.3, -0.25) is 9.59 Å². The van der Waals surface area contributed by atoms with E-state index in [9.17, 15) is 9.59 Å². The van der Waals surface area contributed by atoms with Crippen LogP contribution in [0.2, 0.25) is 0 Å². The molecule has 2 rings (SSSR count). The second-order valence-corrected chi connectivity index (χ2v) is 5.75. The smallest absolute Gasteiger partial charge is 0.270 e. The van der Waals surface area contributed by atoms with Crippen molar-refractivity contribution in [2.24, 2.45) is 11.7 Å². The van der Waals surface area contributed by atoms with Crippen LogP contribution in [-0.2, 0) is 4.79 Å². The number of benzene rings is 1. The van der Waals surface area contributed by atoms with E-state index < -0.39 is 5.91 Å². The lowest BCUT2D eigenvalue weighted by molar-refractivity contribution is -0.125. The molecule has 2 aromatic rings. The van der Waals surface area contributed by atoms with Gasteiger partial charge in [0.2, 0.25) is 5.91 Å². The molecule has 0 spiro atoms. The van der Waals surface area contributed by atoms with Crippen molar-refractivity contribution in [1.29, 1.82) is 0 Å². The number of primary amides is 1. The quantitative estimate of drug-likeness (QED) is 0.810. The number of carbonyl (C=O) groups excluding carboxylic acids is 2. The van der Waals surface area contributed by atoms with Gasteiger partial charge in [-0.05, 0) is 37.5 Å². The third-order valence-corrected chi connectivity index (χ3v) is 4.12. The van der Waals surface area contributed by atoms with Gasteiger partial charge < -0.3 is 11.1 Å². The topological polar surface area (TPSA) is 103 Å². The molecule has 0 fully saturated rings. The van der Waals surface area contributed by atoms with E-state index in [0.717, 1.165) is 24.1 Å².